The largest absolute Gasteiger partial charge is 0.452 e. The molecular formula is C11H15FO4. The Bertz CT molecular complexity index is 290. The molecule has 0 radical (unpaired) electrons. The predicted molar refractivity (Wildman–Crippen MR) is 56.2 cm³/mol. The Balaban J connectivity index is 4.24. The van der Waals surface area contributed by atoms with Crippen LogP contribution in [0.3, 0.4) is 0 Å². The van der Waals surface area contributed by atoms with E-state index in [-0.39, 0.29) is 11.1 Å². The van der Waals surface area contributed by atoms with Crippen LogP contribution in [0.15, 0.2) is 24.3 Å². The fourth-order valence-electron chi connectivity index (χ4n) is 0.622. The quantitative estimate of drug-likeness (QED) is 0.534. The van der Waals surface area contributed by atoms with Gasteiger partial charge in [0.25, 0.3) is 6.36 Å². The summed E-state index contributed by atoms with van der Waals surface area (Å²) in [5, 5.41) is 0. The Morgan fingerprint density at radius 3 is 1.81 bits per heavy atom. The monoisotopic (exact) mass is 230 g/mol. The number of rotatable bonds is 5. The highest BCUT2D eigenvalue weighted by Gasteiger charge is 2.24. The molecule has 0 aliphatic rings. The van der Waals surface area contributed by atoms with Gasteiger partial charge >= 0.3 is 11.9 Å². The SMILES string of the molecule is C=C(C)C(=O)OC(C)C(F)OC(=O)C(=C)C. The Labute approximate surface area is 93.7 Å². The van der Waals surface area contributed by atoms with E-state index in [2.05, 4.69) is 22.6 Å². The average molecular weight is 230 g/mol. The molecule has 0 saturated carbocycles. The third kappa shape index (κ3) is 4.72. The number of alkyl halides is 1. The van der Waals surface area contributed by atoms with Crippen molar-refractivity contribution in [3.8, 4) is 0 Å². The molecule has 0 aliphatic heterocycles. The molecule has 2 atom stereocenters. The number of carbonyl (C=O) groups is 2. The van der Waals surface area contributed by atoms with E-state index in [0.29, 0.717) is 0 Å². The topological polar surface area (TPSA) is 52.6 Å². The molecule has 0 N–H and O–H groups in total. The fraction of sp³-hybridized carbons (Fsp3) is 0.455. The molecule has 5 heteroatoms. The van der Waals surface area contributed by atoms with Crippen LogP contribution in [0.1, 0.15) is 20.8 Å². The fourth-order valence-corrected chi connectivity index (χ4v) is 0.622. The summed E-state index contributed by atoms with van der Waals surface area (Å²) in [7, 11) is 0. The van der Waals surface area contributed by atoms with Crippen LogP contribution in [0.5, 0.6) is 0 Å². The van der Waals surface area contributed by atoms with Gasteiger partial charge in [0, 0.05) is 11.1 Å². The zero-order chi connectivity index (χ0) is 12.9. The second-order valence-electron chi connectivity index (χ2n) is 3.43. The molecule has 0 fully saturated rings. The van der Waals surface area contributed by atoms with Gasteiger partial charge in [-0.25, -0.2) is 9.59 Å². The van der Waals surface area contributed by atoms with Crippen molar-refractivity contribution in [1.29, 1.82) is 0 Å². The van der Waals surface area contributed by atoms with Gasteiger partial charge in [-0.3, -0.25) is 0 Å². The van der Waals surface area contributed by atoms with E-state index in [9.17, 15) is 14.0 Å². The molecule has 90 valence electrons. The van der Waals surface area contributed by atoms with Crippen molar-refractivity contribution in [3.05, 3.63) is 24.3 Å². The molecule has 0 aromatic carbocycles. The highest BCUT2D eigenvalue weighted by Crippen LogP contribution is 2.09. The molecule has 0 aromatic heterocycles. The van der Waals surface area contributed by atoms with Crippen molar-refractivity contribution in [3.63, 3.8) is 0 Å². The molecule has 4 nitrogen and oxygen atoms in total. The van der Waals surface area contributed by atoms with Gasteiger partial charge in [0.05, 0.1) is 0 Å². The Hall–Kier alpha value is -1.65. The minimum absolute atomic E-state index is 0.0704. The zero-order valence-electron chi connectivity index (χ0n) is 9.58. The van der Waals surface area contributed by atoms with Crippen molar-refractivity contribution in [2.45, 2.75) is 33.2 Å². The first kappa shape index (κ1) is 14.3. The van der Waals surface area contributed by atoms with E-state index < -0.39 is 24.4 Å². The molecule has 0 saturated heterocycles. The summed E-state index contributed by atoms with van der Waals surface area (Å²) in [6, 6.07) is 0. The van der Waals surface area contributed by atoms with Crippen LogP contribution in [-0.4, -0.2) is 24.4 Å². The molecule has 0 rings (SSSR count). The van der Waals surface area contributed by atoms with Crippen LogP contribution >= 0.6 is 0 Å². The van der Waals surface area contributed by atoms with E-state index in [4.69, 9.17) is 0 Å². The maximum Gasteiger partial charge on any atom is 0.335 e. The number of halogens is 1. The van der Waals surface area contributed by atoms with E-state index in [1.54, 1.807) is 0 Å². The Kier molecular flexibility index (Phi) is 5.42. The summed E-state index contributed by atoms with van der Waals surface area (Å²) < 4.78 is 22.2. The van der Waals surface area contributed by atoms with Crippen LogP contribution < -0.4 is 0 Å². The smallest absolute Gasteiger partial charge is 0.335 e. The van der Waals surface area contributed by atoms with Gasteiger partial charge in [-0.1, -0.05) is 13.2 Å². The average Bonchev–Trinajstić information content (AvgIpc) is 2.16. The molecule has 0 spiro atoms. The molecule has 0 amide bonds. The molecular weight excluding hydrogens is 215 g/mol. The van der Waals surface area contributed by atoms with Gasteiger partial charge in [-0.05, 0) is 20.8 Å². The lowest BCUT2D eigenvalue weighted by Crippen LogP contribution is -2.30. The van der Waals surface area contributed by atoms with E-state index in [0.717, 1.165) is 0 Å². The molecule has 2 unspecified atom stereocenters. The molecule has 0 aromatic rings. The van der Waals surface area contributed by atoms with Crippen molar-refractivity contribution in [2.24, 2.45) is 0 Å². The third-order valence-corrected chi connectivity index (χ3v) is 1.58. The summed E-state index contributed by atoms with van der Waals surface area (Å²) >= 11 is 0. The zero-order valence-corrected chi connectivity index (χ0v) is 9.58. The minimum atomic E-state index is -2.02. The highest BCUT2D eigenvalue weighted by atomic mass is 19.1. The first-order chi connectivity index (χ1) is 7.25. The van der Waals surface area contributed by atoms with Gasteiger partial charge in [-0.15, -0.1) is 0 Å². The van der Waals surface area contributed by atoms with Crippen LogP contribution in [0.2, 0.25) is 0 Å². The van der Waals surface area contributed by atoms with Crippen molar-refractivity contribution >= 4 is 11.9 Å². The van der Waals surface area contributed by atoms with Crippen molar-refractivity contribution in [1.82, 2.24) is 0 Å². The molecule has 0 heterocycles. The normalized spacial score (nSPS) is 13.5. The number of hydrogen-bond acceptors (Lipinski definition) is 4. The van der Waals surface area contributed by atoms with Crippen LogP contribution in [-0.2, 0) is 19.1 Å². The van der Waals surface area contributed by atoms with Crippen LogP contribution in [0.25, 0.3) is 0 Å². The summed E-state index contributed by atoms with van der Waals surface area (Å²) in [6.45, 7) is 10.7. The van der Waals surface area contributed by atoms with E-state index >= 15 is 0 Å². The number of carbonyl (C=O) groups excluding carboxylic acids is 2. The summed E-state index contributed by atoms with van der Waals surface area (Å²) in [5.74, 6) is -1.60. The summed E-state index contributed by atoms with van der Waals surface area (Å²) in [4.78, 5) is 22.0. The standard InChI is InChI=1S/C11H15FO4/c1-6(2)10(13)15-8(5)9(12)16-11(14)7(3)4/h8-9H,1,3H2,2,4-5H3. The van der Waals surface area contributed by atoms with Crippen LogP contribution in [0.4, 0.5) is 4.39 Å². The van der Waals surface area contributed by atoms with Gasteiger partial charge in [0.15, 0.2) is 6.10 Å². The van der Waals surface area contributed by atoms with Gasteiger partial charge in [0.2, 0.25) is 0 Å². The van der Waals surface area contributed by atoms with Crippen LogP contribution in [0, 0.1) is 0 Å². The molecule has 16 heavy (non-hydrogen) atoms. The number of ether oxygens (including phenoxy) is 2. The number of hydrogen-bond donors (Lipinski definition) is 0. The lowest BCUT2D eigenvalue weighted by atomic mass is 10.3. The maximum absolute atomic E-state index is 13.2. The first-order valence-electron chi connectivity index (χ1n) is 4.62. The van der Waals surface area contributed by atoms with Crippen molar-refractivity contribution in [2.75, 3.05) is 0 Å². The third-order valence-electron chi connectivity index (χ3n) is 1.58. The second-order valence-corrected chi connectivity index (χ2v) is 3.43. The lowest BCUT2D eigenvalue weighted by molar-refractivity contribution is -0.175. The maximum atomic E-state index is 13.2. The van der Waals surface area contributed by atoms with E-state index in [1.807, 2.05) is 0 Å². The number of esters is 2. The lowest BCUT2D eigenvalue weighted by Gasteiger charge is -2.17. The van der Waals surface area contributed by atoms with Gasteiger partial charge in [-0.2, -0.15) is 4.39 Å². The predicted octanol–water partition coefficient (Wildman–Crippen LogP) is 1.91. The van der Waals surface area contributed by atoms with Gasteiger partial charge in [0.1, 0.15) is 0 Å². The van der Waals surface area contributed by atoms with Crippen molar-refractivity contribution < 1.29 is 23.5 Å². The van der Waals surface area contributed by atoms with E-state index in [1.165, 1.54) is 20.8 Å². The summed E-state index contributed by atoms with van der Waals surface area (Å²) in [6.07, 6.45) is -3.21. The summed E-state index contributed by atoms with van der Waals surface area (Å²) in [5.41, 5.74) is 0.214. The first-order valence-corrected chi connectivity index (χ1v) is 4.62. The minimum Gasteiger partial charge on any atom is -0.452 e. The Morgan fingerprint density at radius 1 is 1.06 bits per heavy atom. The Morgan fingerprint density at radius 2 is 1.44 bits per heavy atom. The van der Waals surface area contributed by atoms with Gasteiger partial charge < -0.3 is 9.47 Å². The molecule has 0 aliphatic carbocycles. The highest BCUT2D eigenvalue weighted by molar-refractivity contribution is 5.87. The molecule has 0 bridgehead atoms. The second kappa shape index (κ2) is 6.05.